The van der Waals surface area contributed by atoms with Gasteiger partial charge >= 0.3 is 0 Å². The zero-order chi connectivity index (χ0) is 16.9. The number of hydrogen-bond donors (Lipinski definition) is 2. The van der Waals surface area contributed by atoms with Gasteiger partial charge in [0.2, 0.25) is 5.91 Å². The van der Waals surface area contributed by atoms with Crippen LogP contribution >= 0.6 is 15.9 Å². The molecule has 4 nitrogen and oxygen atoms in total. The maximum atomic E-state index is 12.8. The van der Waals surface area contributed by atoms with Gasteiger partial charge in [0.15, 0.2) is 0 Å². The van der Waals surface area contributed by atoms with Crippen LogP contribution in [0, 0.1) is 5.41 Å². The quantitative estimate of drug-likeness (QED) is 0.794. The molecule has 2 rings (SSSR count). The summed E-state index contributed by atoms with van der Waals surface area (Å²) in [6, 6.07) is 8.29. The third kappa shape index (κ3) is 4.55. The first-order valence-corrected chi connectivity index (χ1v) is 8.93. The van der Waals surface area contributed by atoms with Crippen LogP contribution in [0.2, 0.25) is 0 Å². The van der Waals surface area contributed by atoms with Crippen LogP contribution in [-0.4, -0.2) is 39.3 Å². The normalized spacial score (nSPS) is 17.7. The van der Waals surface area contributed by atoms with Crippen LogP contribution in [0.15, 0.2) is 28.7 Å². The van der Waals surface area contributed by atoms with Crippen LogP contribution in [-0.2, 0) is 14.9 Å². The highest BCUT2D eigenvalue weighted by molar-refractivity contribution is 9.10. The number of ether oxygens (including phenoxy) is 1. The Bertz CT molecular complexity index is 517. The number of benzene rings is 1. The van der Waals surface area contributed by atoms with Crippen molar-refractivity contribution in [2.75, 3.05) is 33.4 Å². The molecule has 0 unspecified atom stereocenters. The summed E-state index contributed by atoms with van der Waals surface area (Å²) in [6.07, 6.45) is 1.65. The molecule has 0 aliphatic carbocycles. The van der Waals surface area contributed by atoms with Gasteiger partial charge in [-0.05, 0) is 43.6 Å². The van der Waals surface area contributed by atoms with E-state index in [-0.39, 0.29) is 11.3 Å². The second-order valence-electron chi connectivity index (χ2n) is 7.04. The summed E-state index contributed by atoms with van der Waals surface area (Å²) in [6.45, 7) is 7.15. The Morgan fingerprint density at radius 2 is 1.91 bits per heavy atom. The number of amides is 1. The molecule has 0 spiro atoms. The lowest BCUT2D eigenvalue weighted by molar-refractivity contribution is -0.136. The molecular formula is C18H27BrN2O2. The van der Waals surface area contributed by atoms with E-state index in [0.717, 1.165) is 30.4 Å². The molecule has 0 atom stereocenters. The van der Waals surface area contributed by atoms with Crippen LogP contribution in [0.1, 0.15) is 32.3 Å². The van der Waals surface area contributed by atoms with Gasteiger partial charge in [0.05, 0.1) is 12.0 Å². The van der Waals surface area contributed by atoms with Crippen molar-refractivity contribution >= 4 is 21.8 Å². The highest BCUT2D eigenvalue weighted by Crippen LogP contribution is 2.30. The number of carbonyl (C=O) groups excluding carboxylic acids is 1. The Morgan fingerprint density at radius 1 is 1.30 bits per heavy atom. The molecule has 0 bridgehead atoms. The molecule has 23 heavy (non-hydrogen) atoms. The fourth-order valence-electron chi connectivity index (χ4n) is 3.11. The summed E-state index contributed by atoms with van der Waals surface area (Å²) in [4.78, 5) is 12.8. The van der Waals surface area contributed by atoms with Crippen LogP contribution in [0.25, 0.3) is 0 Å². The smallest absolute Gasteiger partial charge is 0.228 e. The minimum absolute atomic E-state index is 0.114. The highest BCUT2D eigenvalue weighted by Gasteiger charge is 2.40. The largest absolute Gasteiger partial charge is 0.384 e. The van der Waals surface area contributed by atoms with Crippen molar-refractivity contribution in [3.63, 3.8) is 0 Å². The van der Waals surface area contributed by atoms with Crippen molar-refractivity contribution in [3.8, 4) is 0 Å². The highest BCUT2D eigenvalue weighted by atomic mass is 79.9. The van der Waals surface area contributed by atoms with E-state index in [9.17, 15) is 4.79 Å². The van der Waals surface area contributed by atoms with Crippen LogP contribution in [0.3, 0.4) is 0 Å². The van der Waals surface area contributed by atoms with Crippen molar-refractivity contribution in [1.82, 2.24) is 10.6 Å². The maximum absolute atomic E-state index is 12.8. The zero-order valence-corrected chi connectivity index (χ0v) is 15.8. The molecule has 1 heterocycles. The molecule has 5 heteroatoms. The third-order valence-corrected chi connectivity index (χ3v) is 5.31. The summed E-state index contributed by atoms with van der Waals surface area (Å²) in [5, 5.41) is 6.49. The summed E-state index contributed by atoms with van der Waals surface area (Å²) in [7, 11) is 1.67. The van der Waals surface area contributed by atoms with Crippen molar-refractivity contribution in [3.05, 3.63) is 34.3 Å². The average Bonchev–Trinajstić information content (AvgIpc) is 2.54. The van der Waals surface area contributed by atoms with Crippen molar-refractivity contribution in [2.45, 2.75) is 32.1 Å². The molecule has 1 aromatic rings. The van der Waals surface area contributed by atoms with Gasteiger partial charge in [0.25, 0.3) is 0 Å². The average molecular weight is 383 g/mol. The summed E-state index contributed by atoms with van der Waals surface area (Å²) in [5.74, 6) is 0.117. The fourth-order valence-corrected chi connectivity index (χ4v) is 3.37. The van der Waals surface area contributed by atoms with Gasteiger partial charge in [-0.1, -0.05) is 41.9 Å². The number of nitrogens with one attached hydrogen (secondary N) is 2. The first-order chi connectivity index (χ1) is 10.9. The molecule has 128 valence electrons. The van der Waals surface area contributed by atoms with Gasteiger partial charge in [-0.25, -0.2) is 0 Å². The van der Waals surface area contributed by atoms with Gasteiger partial charge < -0.3 is 15.4 Å². The van der Waals surface area contributed by atoms with Crippen LogP contribution in [0.5, 0.6) is 0 Å². The zero-order valence-electron chi connectivity index (χ0n) is 14.2. The van der Waals surface area contributed by atoms with Gasteiger partial charge in [0, 0.05) is 23.5 Å². The second kappa shape index (κ2) is 7.77. The molecule has 1 aliphatic rings. The monoisotopic (exact) mass is 382 g/mol. The minimum atomic E-state index is -0.393. The molecular weight excluding hydrogens is 356 g/mol. The maximum Gasteiger partial charge on any atom is 0.228 e. The Labute approximate surface area is 147 Å². The number of rotatable bonds is 6. The molecule has 1 aromatic carbocycles. The molecule has 1 amide bonds. The van der Waals surface area contributed by atoms with Crippen molar-refractivity contribution < 1.29 is 9.53 Å². The first-order valence-electron chi connectivity index (χ1n) is 8.14. The molecule has 0 radical (unpaired) electrons. The summed E-state index contributed by atoms with van der Waals surface area (Å²) < 4.78 is 6.41. The molecule has 0 aromatic heterocycles. The summed E-state index contributed by atoms with van der Waals surface area (Å²) in [5.41, 5.74) is 0.708. The third-order valence-electron chi connectivity index (χ3n) is 4.78. The lowest BCUT2D eigenvalue weighted by Crippen LogP contribution is -2.52. The van der Waals surface area contributed by atoms with E-state index in [1.807, 2.05) is 12.1 Å². The fraction of sp³-hybridized carbons (Fsp3) is 0.611. The molecule has 1 fully saturated rings. The molecule has 1 saturated heterocycles. The van der Waals surface area contributed by atoms with Crippen molar-refractivity contribution in [1.29, 1.82) is 0 Å². The van der Waals surface area contributed by atoms with E-state index in [1.165, 1.54) is 5.56 Å². The van der Waals surface area contributed by atoms with E-state index in [4.69, 9.17) is 4.74 Å². The van der Waals surface area contributed by atoms with E-state index in [0.29, 0.717) is 13.2 Å². The predicted octanol–water partition coefficient (Wildman–Crippen LogP) is 2.86. The van der Waals surface area contributed by atoms with Gasteiger partial charge in [-0.3, -0.25) is 4.79 Å². The Hall–Kier alpha value is -0.910. The van der Waals surface area contributed by atoms with E-state index < -0.39 is 5.41 Å². The Kier molecular flexibility index (Phi) is 6.23. The topological polar surface area (TPSA) is 50.4 Å². The number of methoxy groups -OCH3 is 1. The lowest BCUT2D eigenvalue weighted by atomic mass is 9.78. The molecule has 1 aliphatic heterocycles. The van der Waals surface area contributed by atoms with Gasteiger partial charge in [0.1, 0.15) is 0 Å². The second-order valence-corrected chi connectivity index (χ2v) is 7.95. The first kappa shape index (κ1) is 18.4. The van der Waals surface area contributed by atoms with E-state index >= 15 is 0 Å². The van der Waals surface area contributed by atoms with Crippen LogP contribution < -0.4 is 10.6 Å². The standard InChI is InChI=1S/C18H27BrN2O2/c1-17(2,14-4-6-15(19)7-5-14)12-21-16(22)18(13-23-3)8-10-20-11-9-18/h4-7,20H,8-13H2,1-3H3,(H,21,22). The number of halogens is 1. The van der Waals surface area contributed by atoms with Crippen molar-refractivity contribution in [2.24, 2.45) is 5.41 Å². The van der Waals surface area contributed by atoms with E-state index in [1.54, 1.807) is 7.11 Å². The lowest BCUT2D eigenvalue weighted by Gasteiger charge is -2.37. The SMILES string of the molecule is COCC1(C(=O)NCC(C)(C)c2ccc(Br)cc2)CCNCC1. The minimum Gasteiger partial charge on any atom is -0.384 e. The Morgan fingerprint density at radius 3 is 2.48 bits per heavy atom. The number of carbonyl (C=O) groups is 1. The number of piperidine rings is 1. The predicted molar refractivity (Wildman–Crippen MR) is 96.6 cm³/mol. The molecule has 0 saturated carbocycles. The van der Waals surface area contributed by atoms with Gasteiger partial charge in [-0.15, -0.1) is 0 Å². The van der Waals surface area contributed by atoms with Gasteiger partial charge in [-0.2, -0.15) is 0 Å². The number of hydrogen-bond acceptors (Lipinski definition) is 3. The molecule has 2 N–H and O–H groups in total. The summed E-state index contributed by atoms with van der Waals surface area (Å²) >= 11 is 3.46. The van der Waals surface area contributed by atoms with E-state index in [2.05, 4.69) is 52.5 Å². The Balaban J connectivity index is 2.02. The van der Waals surface area contributed by atoms with Crippen LogP contribution in [0.4, 0.5) is 0 Å².